The molecule has 3 fully saturated rings. The average Bonchev–Trinajstić information content (AvgIpc) is 3.21. The number of nitrogens with one attached hydrogen (secondary N) is 2. The number of urea groups is 1. The summed E-state index contributed by atoms with van der Waals surface area (Å²) in [5, 5.41) is 6.14. The van der Waals surface area contributed by atoms with Gasteiger partial charge in [-0.15, -0.1) is 0 Å². The molecule has 0 bridgehead atoms. The van der Waals surface area contributed by atoms with Crippen LogP contribution in [0.3, 0.4) is 0 Å². The van der Waals surface area contributed by atoms with Gasteiger partial charge in [0.2, 0.25) is 0 Å². The van der Waals surface area contributed by atoms with Crippen LogP contribution in [0, 0.1) is 17.3 Å². The Labute approximate surface area is 150 Å². The fourth-order valence-electron chi connectivity index (χ4n) is 4.85. The Morgan fingerprint density at radius 1 is 1.24 bits per heavy atom. The van der Waals surface area contributed by atoms with Crippen molar-refractivity contribution in [3.05, 3.63) is 24.3 Å². The molecule has 136 valence electrons. The highest BCUT2D eigenvalue weighted by atomic mass is 16.5. The van der Waals surface area contributed by atoms with Crippen LogP contribution in [0.1, 0.15) is 33.6 Å². The molecule has 5 nitrogen and oxygen atoms in total. The van der Waals surface area contributed by atoms with Gasteiger partial charge in [-0.3, -0.25) is 0 Å². The Bertz CT molecular complexity index is 643. The van der Waals surface area contributed by atoms with Crippen molar-refractivity contribution in [2.75, 3.05) is 29.9 Å². The van der Waals surface area contributed by atoms with E-state index in [-0.39, 0.29) is 17.5 Å². The molecule has 2 saturated heterocycles. The molecule has 3 aliphatic rings. The summed E-state index contributed by atoms with van der Waals surface area (Å²) in [4.78, 5) is 14.8. The Balaban J connectivity index is 1.33. The monoisotopic (exact) mass is 343 g/mol. The van der Waals surface area contributed by atoms with Crippen LogP contribution in [0.2, 0.25) is 0 Å². The molecular weight excluding hydrogens is 314 g/mol. The topological polar surface area (TPSA) is 53.6 Å². The molecule has 2 heterocycles. The zero-order valence-corrected chi connectivity index (χ0v) is 15.4. The first-order valence-electron chi connectivity index (χ1n) is 9.49. The second-order valence-electron chi connectivity index (χ2n) is 8.53. The maximum atomic E-state index is 12.4. The van der Waals surface area contributed by atoms with Gasteiger partial charge in [0.15, 0.2) is 0 Å². The molecule has 4 rings (SSSR count). The second kappa shape index (κ2) is 6.20. The standard InChI is InChI=1S/C20H29N3O2/c1-13-8-10-23(12-13)15-6-4-14(5-7-15)21-19(24)22-17-16-9-11-25-18(16)20(17,2)3/h4-7,13,16-18H,8-12H2,1-3H3,(H2,21,22,24)/t13-,16+,17-,18-/m1/s1. The normalized spacial score (nSPS) is 32.8. The fraction of sp³-hybridized carbons (Fsp3) is 0.650. The van der Waals surface area contributed by atoms with Gasteiger partial charge < -0.3 is 20.3 Å². The number of ether oxygens (including phenoxy) is 1. The van der Waals surface area contributed by atoms with Gasteiger partial charge in [-0.1, -0.05) is 20.8 Å². The quantitative estimate of drug-likeness (QED) is 0.884. The van der Waals surface area contributed by atoms with E-state index in [0.29, 0.717) is 12.0 Å². The van der Waals surface area contributed by atoms with E-state index in [1.807, 2.05) is 12.1 Å². The van der Waals surface area contributed by atoms with Gasteiger partial charge in [0.05, 0.1) is 6.10 Å². The highest BCUT2D eigenvalue weighted by molar-refractivity contribution is 5.89. The van der Waals surface area contributed by atoms with E-state index in [1.165, 1.54) is 12.1 Å². The van der Waals surface area contributed by atoms with Crippen molar-refractivity contribution in [2.24, 2.45) is 17.3 Å². The molecule has 1 aromatic rings. The Morgan fingerprint density at radius 2 is 2.00 bits per heavy atom. The summed E-state index contributed by atoms with van der Waals surface area (Å²) in [5.41, 5.74) is 2.08. The summed E-state index contributed by atoms with van der Waals surface area (Å²) in [6.07, 6.45) is 2.59. The Morgan fingerprint density at radius 3 is 2.68 bits per heavy atom. The van der Waals surface area contributed by atoms with E-state index in [4.69, 9.17) is 4.74 Å². The molecule has 2 amide bonds. The third kappa shape index (κ3) is 2.99. The zero-order chi connectivity index (χ0) is 17.6. The summed E-state index contributed by atoms with van der Waals surface area (Å²) >= 11 is 0. The van der Waals surface area contributed by atoms with Crippen LogP contribution in [0.15, 0.2) is 24.3 Å². The van der Waals surface area contributed by atoms with E-state index in [1.54, 1.807) is 0 Å². The van der Waals surface area contributed by atoms with Crippen LogP contribution in [0.5, 0.6) is 0 Å². The molecule has 4 atom stereocenters. The molecular formula is C20H29N3O2. The molecule has 2 N–H and O–H groups in total. The van der Waals surface area contributed by atoms with E-state index in [2.05, 4.69) is 48.4 Å². The number of amides is 2. The molecule has 1 saturated carbocycles. The molecule has 1 aliphatic carbocycles. The molecule has 0 spiro atoms. The lowest BCUT2D eigenvalue weighted by atomic mass is 9.57. The number of fused-ring (bicyclic) bond motifs is 1. The first kappa shape index (κ1) is 16.7. The minimum Gasteiger partial charge on any atom is -0.377 e. The number of benzene rings is 1. The first-order chi connectivity index (χ1) is 11.9. The van der Waals surface area contributed by atoms with Gasteiger partial charge in [0.25, 0.3) is 0 Å². The smallest absolute Gasteiger partial charge is 0.319 e. The maximum absolute atomic E-state index is 12.4. The number of anilines is 2. The van der Waals surface area contributed by atoms with Crippen LogP contribution < -0.4 is 15.5 Å². The summed E-state index contributed by atoms with van der Waals surface area (Å²) < 4.78 is 5.79. The zero-order valence-electron chi connectivity index (χ0n) is 15.4. The number of rotatable bonds is 3. The number of carbonyl (C=O) groups excluding carboxylic acids is 1. The van der Waals surface area contributed by atoms with E-state index in [0.717, 1.165) is 37.7 Å². The average molecular weight is 343 g/mol. The van der Waals surface area contributed by atoms with Crippen molar-refractivity contribution in [1.82, 2.24) is 5.32 Å². The third-order valence-corrected chi connectivity index (χ3v) is 6.30. The molecule has 25 heavy (non-hydrogen) atoms. The second-order valence-corrected chi connectivity index (χ2v) is 8.53. The van der Waals surface area contributed by atoms with E-state index in [9.17, 15) is 4.79 Å². The Hall–Kier alpha value is -1.75. The number of carbonyl (C=O) groups is 1. The number of hydrogen-bond acceptors (Lipinski definition) is 3. The van der Waals surface area contributed by atoms with Gasteiger partial charge in [0.1, 0.15) is 0 Å². The van der Waals surface area contributed by atoms with Crippen molar-refractivity contribution in [1.29, 1.82) is 0 Å². The third-order valence-electron chi connectivity index (χ3n) is 6.30. The van der Waals surface area contributed by atoms with Gasteiger partial charge >= 0.3 is 6.03 Å². The molecule has 2 aliphatic heterocycles. The SMILES string of the molecule is C[C@@H]1CCN(c2ccc(NC(=O)N[C@@H]3[C@@H]4CCO[C@H]4C3(C)C)cc2)C1. The van der Waals surface area contributed by atoms with Crippen molar-refractivity contribution in [3.63, 3.8) is 0 Å². The maximum Gasteiger partial charge on any atom is 0.319 e. The van der Waals surface area contributed by atoms with Gasteiger partial charge in [-0.05, 0) is 43.0 Å². The van der Waals surface area contributed by atoms with Crippen LogP contribution in [-0.2, 0) is 4.74 Å². The largest absolute Gasteiger partial charge is 0.377 e. The lowest BCUT2D eigenvalue weighted by molar-refractivity contribution is -0.107. The number of nitrogens with zero attached hydrogens (tertiary/aromatic N) is 1. The summed E-state index contributed by atoms with van der Waals surface area (Å²) in [7, 11) is 0. The van der Waals surface area contributed by atoms with Crippen molar-refractivity contribution >= 4 is 17.4 Å². The minimum atomic E-state index is -0.119. The molecule has 0 unspecified atom stereocenters. The molecule has 1 aromatic carbocycles. The molecule has 0 radical (unpaired) electrons. The predicted octanol–water partition coefficient (Wildman–Crippen LogP) is 3.47. The first-order valence-corrected chi connectivity index (χ1v) is 9.49. The Kier molecular flexibility index (Phi) is 4.14. The number of hydrogen-bond donors (Lipinski definition) is 2. The van der Waals surface area contributed by atoms with Crippen LogP contribution >= 0.6 is 0 Å². The van der Waals surface area contributed by atoms with Crippen molar-refractivity contribution < 1.29 is 9.53 Å². The van der Waals surface area contributed by atoms with E-state index >= 15 is 0 Å². The summed E-state index contributed by atoms with van der Waals surface area (Å²) in [6, 6.07) is 8.25. The highest BCUT2D eigenvalue weighted by Crippen LogP contribution is 2.52. The van der Waals surface area contributed by atoms with E-state index < -0.39 is 0 Å². The van der Waals surface area contributed by atoms with Crippen LogP contribution in [0.4, 0.5) is 16.2 Å². The van der Waals surface area contributed by atoms with Gasteiger partial charge in [-0.2, -0.15) is 0 Å². The van der Waals surface area contributed by atoms with Crippen molar-refractivity contribution in [3.8, 4) is 0 Å². The molecule has 5 heteroatoms. The van der Waals surface area contributed by atoms with Crippen LogP contribution in [0.25, 0.3) is 0 Å². The predicted molar refractivity (Wildman–Crippen MR) is 100 cm³/mol. The lowest BCUT2D eigenvalue weighted by Crippen LogP contribution is -2.67. The lowest BCUT2D eigenvalue weighted by Gasteiger charge is -2.54. The van der Waals surface area contributed by atoms with Gasteiger partial charge in [0, 0.05) is 48.4 Å². The van der Waals surface area contributed by atoms with Crippen LogP contribution in [-0.4, -0.2) is 37.9 Å². The summed E-state index contributed by atoms with van der Waals surface area (Å²) in [5.74, 6) is 1.22. The van der Waals surface area contributed by atoms with Crippen molar-refractivity contribution in [2.45, 2.75) is 45.8 Å². The minimum absolute atomic E-state index is 0.00874. The fourth-order valence-corrected chi connectivity index (χ4v) is 4.85. The molecule has 0 aromatic heterocycles. The van der Waals surface area contributed by atoms with Gasteiger partial charge in [-0.25, -0.2) is 4.79 Å². The highest BCUT2D eigenvalue weighted by Gasteiger charge is 2.59. The summed E-state index contributed by atoms with van der Waals surface area (Å²) in [6.45, 7) is 9.70.